The Morgan fingerprint density at radius 1 is 0.667 bits per heavy atom. The van der Waals surface area contributed by atoms with Gasteiger partial charge in [-0.2, -0.15) is 0 Å². The van der Waals surface area contributed by atoms with E-state index in [0.29, 0.717) is 24.7 Å². The summed E-state index contributed by atoms with van der Waals surface area (Å²) in [7, 11) is 3.28. The minimum Gasteiger partial charge on any atom is -0.493 e. The summed E-state index contributed by atoms with van der Waals surface area (Å²) < 4.78 is 22.1. The minimum atomic E-state index is 0.589. The third-order valence-electron chi connectivity index (χ3n) is 4.40. The molecule has 0 amide bonds. The lowest BCUT2D eigenvalue weighted by molar-refractivity contribution is 0.311. The predicted molar refractivity (Wildman–Crippen MR) is 122 cm³/mol. The van der Waals surface area contributed by atoms with Crippen LogP contribution in [0.4, 0.5) is 0 Å². The Bertz CT molecular complexity index is 1050. The van der Waals surface area contributed by atoms with Gasteiger partial charge >= 0.3 is 0 Å². The lowest BCUT2D eigenvalue weighted by Gasteiger charge is -2.10. The zero-order chi connectivity index (χ0) is 21.1. The molecule has 8 heteroatoms. The van der Waals surface area contributed by atoms with Gasteiger partial charge < -0.3 is 18.9 Å². The van der Waals surface area contributed by atoms with Gasteiger partial charge in [-0.1, -0.05) is 22.7 Å². The molecule has 0 saturated heterocycles. The van der Waals surface area contributed by atoms with Crippen LogP contribution in [0.15, 0.2) is 36.4 Å². The molecule has 0 unspecified atom stereocenters. The molecule has 4 aromatic rings. The fraction of sp³-hybridized carbons (Fsp3) is 0.273. The molecule has 2 heterocycles. The van der Waals surface area contributed by atoms with Crippen LogP contribution in [0, 0.1) is 0 Å². The lowest BCUT2D eigenvalue weighted by atomic mass is 10.2. The topological polar surface area (TPSA) is 62.7 Å². The monoisotopic (exact) mass is 442 g/mol. The molecular weight excluding hydrogens is 420 g/mol. The van der Waals surface area contributed by atoms with Crippen LogP contribution in [-0.2, 0) is 0 Å². The van der Waals surface area contributed by atoms with Gasteiger partial charge in [-0.15, -0.1) is 0 Å². The summed E-state index contributed by atoms with van der Waals surface area (Å²) >= 11 is 3.12. The van der Waals surface area contributed by atoms with Crippen LogP contribution >= 0.6 is 22.7 Å². The van der Waals surface area contributed by atoms with E-state index in [1.54, 1.807) is 36.9 Å². The molecule has 30 heavy (non-hydrogen) atoms. The van der Waals surface area contributed by atoms with Gasteiger partial charge in [0.1, 0.15) is 10.0 Å². The molecule has 0 aliphatic carbocycles. The largest absolute Gasteiger partial charge is 0.493 e. The predicted octanol–water partition coefficient (Wildman–Crippen LogP) is 5.90. The Labute approximate surface area is 183 Å². The Morgan fingerprint density at radius 3 is 1.47 bits per heavy atom. The van der Waals surface area contributed by atoms with Crippen LogP contribution in [0.2, 0.25) is 0 Å². The Balaban J connectivity index is 1.65. The quantitative estimate of drug-likeness (QED) is 0.338. The maximum atomic E-state index is 5.60. The van der Waals surface area contributed by atoms with Crippen molar-refractivity contribution in [2.24, 2.45) is 0 Å². The van der Waals surface area contributed by atoms with Gasteiger partial charge in [0.05, 0.1) is 27.4 Å². The summed E-state index contributed by atoms with van der Waals surface area (Å²) in [6, 6.07) is 11.7. The molecule has 0 saturated carbocycles. The third-order valence-corrected chi connectivity index (χ3v) is 6.52. The van der Waals surface area contributed by atoms with E-state index in [1.807, 2.05) is 50.2 Å². The van der Waals surface area contributed by atoms with Gasteiger partial charge in [-0.05, 0) is 50.2 Å². The van der Waals surface area contributed by atoms with E-state index in [4.69, 9.17) is 28.9 Å². The van der Waals surface area contributed by atoms with E-state index in [9.17, 15) is 0 Å². The minimum absolute atomic E-state index is 0.589. The molecule has 0 atom stereocenters. The van der Waals surface area contributed by atoms with E-state index in [1.165, 1.54) is 0 Å². The molecule has 156 valence electrons. The standard InChI is InChI=1S/C22H22N2O4S2/c1-5-27-15-9-7-13(11-17(15)25-3)19-23-21-22(29-19)24-20(30-21)14-8-10-16(28-6-2)18(12-14)26-4/h7-12H,5-6H2,1-4H3. The SMILES string of the molecule is CCOc1ccc(-c2nc3sc(-c4ccc(OCC)c(OC)c4)nc3s2)cc1OC. The Morgan fingerprint density at radius 2 is 1.10 bits per heavy atom. The normalized spacial score (nSPS) is 10.9. The summed E-state index contributed by atoms with van der Waals surface area (Å²) in [6.07, 6.45) is 0. The smallest absolute Gasteiger partial charge is 0.161 e. The highest BCUT2D eigenvalue weighted by Crippen LogP contribution is 2.40. The maximum Gasteiger partial charge on any atom is 0.161 e. The first-order valence-electron chi connectivity index (χ1n) is 9.56. The zero-order valence-electron chi connectivity index (χ0n) is 17.2. The van der Waals surface area contributed by atoms with Crippen molar-refractivity contribution in [1.29, 1.82) is 0 Å². The Hall–Kier alpha value is -2.84. The van der Waals surface area contributed by atoms with Crippen LogP contribution in [-0.4, -0.2) is 37.4 Å². The number of benzene rings is 2. The van der Waals surface area contributed by atoms with Gasteiger partial charge in [0.25, 0.3) is 0 Å². The lowest BCUT2D eigenvalue weighted by Crippen LogP contribution is -1.95. The van der Waals surface area contributed by atoms with Crippen LogP contribution in [0.1, 0.15) is 13.8 Å². The van der Waals surface area contributed by atoms with Gasteiger partial charge in [0.15, 0.2) is 32.7 Å². The Kier molecular flexibility index (Phi) is 6.06. The fourth-order valence-electron chi connectivity index (χ4n) is 3.04. The molecule has 2 aromatic carbocycles. The number of aromatic nitrogens is 2. The number of hydrogen-bond donors (Lipinski definition) is 0. The number of ether oxygens (including phenoxy) is 4. The van der Waals surface area contributed by atoms with Gasteiger partial charge in [-0.3, -0.25) is 0 Å². The van der Waals surface area contributed by atoms with Crippen molar-refractivity contribution in [3.05, 3.63) is 36.4 Å². The molecule has 0 radical (unpaired) electrons. The van der Waals surface area contributed by atoms with E-state index in [2.05, 4.69) is 0 Å². The molecule has 4 rings (SSSR count). The van der Waals surface area contributed by atoms with E-state index >= 15 is 0 Å². The molecule has 2 aromatic heterocycles. The van der Waals surface area contributed by atoms with Crippen molar-refractivity contribution >= 4 is 32.3 Å². The van der Waals surface area contributed by atoms with Crippen molar-refractivity contribution in [3.63, 3.8) is 0 Å². The summed E-state index contributed by atoms with van der Waals surface area (Å²) in [4.78, 5) is 11.4. The van der Waals surface area contributed by atoms with Crippen molar-refractivity contribution in [2.75, 3.05) is 27.4 Å². The third kappa shape index (κ3) is 3.93. The number of rotatable bonds is 8. The zero-order valence-corrected chi connectivity index (χ0v) is 18.9. The maximum absolute atomic E-state index is 5.60. The highest BCUT2D eigenvalue weighted by atomic mass is 32.1. The van der Waals surface area contributed by atoms with Crippen molar-refractivity contribution in [1.82, 2.24) is 9.97 Å². The molecule has 6 nitrogen and oxygen atoms in total. The average Bonchev–Trinajstić information content (AvgIpc) is 3.34. The molecule has 0 aliphatic heterocycles. The van der Waals surface area contributed by atoms with Gasteiger partial charge in [0, 0.05) is 11.1 Å². The highest BCUT2D eigenvalue weighted by Gasteiger charge is 2.16. The van der Waals surface area contributed by atoms with Gasteiger partial charge in [-0.25, -0.2) is 9.97 Å². The average molecular weight is 443 g/mol. The van der Waals surface area contributed by atoms with Gasteiger partial charge in [0.2, 0.25) is 0 Å². The molecule has 0 N–H and O–H groups in total. The van der Waals surface area contributed by atoms with Crippen molar-refractivity contribution in [2.45, 2.75) is 13.8 Å². The van der Waals surface area contributed by atoms with Crippen LogP contribution < -0.4 is 18.9 Å². The molecule has 0 aliphatic rings. The number of methoxy groups -OCH3 is 2. The second-order valence-electron chi connectivity index (χ2n) is 6.25. The first-order valence-corrected chi connectivity index (χ1v) is 11.2. The van der Waals surface area contributed by atoms with E-state index in [-0.39, 0.29) is 0 Å². The summed E-state index contributed by atoms with van der Waals surface area (Å²) in [6.45, 7) is 5.08. The van der Waals surface area contributed by atoms with Crippen LogP contribution in [0.5, 0.6) is 23.0 Å². The molecule has 0 spiro atoms. The summed E-state index contributed by atoms with van der Waals surface area (Å²) in [5.41, 5.74) is 1.96. The second-order valence-corrected chi connectivity index (χ2v) is 8.20. The number of thiazole rings is 2. The molecule has 0 fully saturated rings. The first-order chi connectivity index (χ1) is 14.7. The molecule has 0 bridgehead atoms. The number of hydrogen-bond acceptors (Lipinski definition) is 8. The number of nitrogens with zero attached hydrogens (tertiary/aromatic N) is 2. The summed E-state index contributed by atoms with van der Waals surface area (Å²) in [5.74, 6) is 2.85. The first kappa shape index (κ1) is 20.4. The number of fused-ring (bicyclic) bond motifs is 1. The highest BCUT2D eigenvalue weighted by molar-refractivity contribution is 7.29. The van der Waals surface area contributed by atoms with Crippen molar-refractivity contribution < 1.29 is 18.9 Å². The van der Waals surface area contributed by atoms with E-state index in [0.717, 1.165) is 42.3 Å². The fourth-order valence-corrected chi connectivity index (χ4v) is 5.07. The molecular formula is C22H22N2O4S2. The summed E-state index contributed by atoms with van der Waals surface area (Å²) in [5, 5.41) is 1.81. The second kappa shape index (κ2) is 8.89. The van der Waals surface area contributed by atoms with Crippen LogP contribution in [0.25, 0.3) is 30.8 Å². The van der Waals surface area contributed by atoms with E-state index < -0.39 is 0 Å². The van der Waals surface area contributed by atoms with Crippen molar-refractivity contribution in [3.8, 4) is 44.1 Å². The van der Waals surface area contributed by atoms with Crippen LogP contribution in [0.3, 0.4) is 0 Å².